The summed E-state index contributed by atoms with van der Waals surface area (Å²) in [6, 6.07) is 0. The summed E-state index contributed by atoms with van der Waals surface area (Å²) in [6.07, 6.45) is 29.3. The van der Waals surface area contributed by atoms with Gasteiger partial charge in [0.05, 0.1) is 0 Å². The molecule has 0 heterocycles. The maximum Gasteiger partial charge on any atom is -0.0265 e. The van der Waals surface area contributed by atoms with Crippen LogP contribution in [0.2, 0.25) is 0 Å². The number of allylic oxidation sites excluding steroid dienone is 2. The maximum absolute atomic E-state index is 2.50. The highest BCUT2D eigenvalue weighted by Gasteiger charge is 2.30. The van der Waals surface area contributed by atoms with E-state index in [4.69, 9.17) is 0 Å². The predicted octanol–water partition coefficient (Wildman–Crippen LogP) is 9.49. The van der Waals surface area contributed by atoms with E-state index in [9.17, 15) is 0 Å². The molecule has 0 aromatic carbocycles. The van der Waals surface area contributed by atoms with E-state index in [0.29, 0.717) is 5.41 Å². The average molecular weight is 363 g/mol. The zero-order chi connectivity index (χ0) is 19.1. The van der Waals surface area contributed by atoms with E-state index in [1.807, 2.05) is 0 Å². The summed E-state index contributed by atoms with van der Waals surface area (Å²) in [5, 5.41) is 0. The highest BCUT2D eigenvalue weighted by Crippen LogP contribution is 2.43. The summed E-state index contributed by atoms with van der Waals surface area (Å²) in [5.41, 5.74) is 0.597. The lowest BCUT2D eigenvalue weighted by Crippen LogP contribution is -2.20. The van der Waals surface area contributed by atoms with E-state index in [-0.39, 0.29) is 0 Å². The predicted molar refractivity (Wildman–Crippen MR) is 120 cm³/mol. The standard InChI is InChI=1S/C26H50/c1-5-9-12-13-16-24-17-18-25(23-24)19-22-26(8-4,20-14-10-6-2)21-15-11-7-3/h10,14,24-25H,5-9,11-13,15-23H2,1-4H3/b14-10-. The van der Waals surface area contributed by atoms with Gasteiger partial charge in [-0.3, -0.25) is 0 Å². The highest BCUT2D eigenvalue weighted by atomic mass is 14.4. The van der Waals surface area contributed by atoms with E-state index in [1.165, 1.54) is 103 Å². The van der Waals surface area contributed by atoms with Crippen LogP contribution in [0, 0.1) is 17.3 Å². The highest BCUT2D eigenvalue weighted by molar-refractivity contribution is 4.91. The third-order valence-corrected chi connectivity index (χ3v) is 7.21. The van der Waals surface area contributed by atoms with Crippen molar-refractivity contribution in [1.82, 2.24) is 0 Å². The second-order valence-electron chi connectivity index (χ2n) is 9.33. The Morgan fingerprint density at radius 3 is 2.08 bits per heavy atom. The lowest BCUT2D eigenvalue weighted by Gasteiger charge is -2.33. The van der Waals surface area contributed by atoms with Crippen molar-refractivity contribution in [3.63, 3.8) is 0 Å². The van der Waals surface area contributed by atoms with Crippen molar-refractivity contribution in [1.29, 1.82) is 0 Å². The molecule has 1 rings (SSSR count). The van der Waals surface area contributed by atoms with Crippen LogP contribution in [0.3, 0.4) is 0 Å². The summed E-state index contributed by atoms with van der Waals surface area (Å²) in [4.78, 5) is 0. The SMILES string of the molecule is CC/C=C\CC(CC)(CCCCC)CCC1CCC(CCCCCC)C1. The minimum Gasteiger partial charge on any atom is -0.0888 e. The van der Waals surface area contributed by atoms with Gasteiger partial charge in [-0.05, 0) is 55.8 Å². The van der Waals surface area contributed by atoms with Crippen LogP contribution >= 0.6 is 0 Å². The Labute approximate surface area is 166 Å². The molecule has 0 N–H and O–H groups in total. The third-order valence-electron chi connectivity index (χ3n) is 7.21. The normalized spacial score (nSPS) is 22.9. The van der Waals surface area contributed by atoms with E-state index >= 15 is 0 Å². The summed E-state index contributed by atoms with van der Waals surface area (Å²) >= 11 is 0. The molecule has 1 aliphatic carbocycles. The third kappa shape index (κ3) is 9.61. The fourth-order valence-corrected chi connectivity index (χ4v) is 5.15. The van der Waals surface area contributed by atoms with Crippen LogP contribution in [0.25, 0.3) is 0 Å². The molecule has 0 aromatic rings. The molecule has 1 aliphatic rings. The first kappa shape index (κ1) is 23.8. The second kappa shape index (κ2) is 14.8. The first-order valence-electron chi connectivity index (χ1n) is 12.3. The van der Waals surface area contributed by atoms with Gasteiger partial charge in [0.1, 0.15) is 0 Å². The topological polar surface area (TPSA) is 0 Å². The van der Waals surface area contributed by atoms with Gasteiger partial charge in [-0.15, -0.1) is 0 Å². The molecule has 0 saturated heterocycles. The number of hydrogen-bond acceptors (Lipinski definition) is 0. The maximum atomic E-state index is 2.50. The van der Waals surface area contributed by atoms with Crippen LogP contribution in [-0.2, 0) is 0 Å². The lowest BCUT2D eigenvalue weighted by molar-refractivity contribution is 0.201. The quantitative estimate of drug-likeness (QED) is 0.189. The Morgan fingerprint density at radius 1 is 0.731 bits per heavy atom. The van der Waals surface area contributed by atoms with Gasteiger partial charge in [0.15, 0.2) is 0 Å². The molecule has 3 atom stereocenters. The minimum absolute atomic E-state index is 0.597. The van der Waals surface area contributed by atoms with Gasteiger partial charge in [-0.2, -0.15) is 0 Å². The fourth-order valence-electron chi connectivity index (χ4n) is 5.15. The number of unbranched alkanes of at least 4 members (excludes halogenated alkanes) is 5. The van der Waals surface area contributed by atoms with Crippen molar-refractivity contribution < 1.29 is 0 Å². The Hall–Kier alpha value is -0.260. The van der Waals surface area contributed by atoms with Crippen LogP contribution in [0.4, 0.5) is 0 Å². The number of rotatable bonds is 16. The van der Waals surface area contributed by atoms with Gasteiger partial charge in [-0.1, -0.05) is 110 Å². The fraction of sp³-hybridized carbons (Fsp3) is 0.923. The molecule has 0 aromatic heterocycles. The van der Waals surface area contributed by atoms with Crippen molar-refractivity contribution in [3.05, 3.63) is 12.2 Å². The van der Waals surface area contributed by atoms with Crippen molar-refractivity contribution in [3.8, 4) is 0 Å². The molecule has 0 nitrogen and oxygen atoms in total. The summed E-state index contributed by atoms with van der Waals surface area (Å²) in [7, 11) is 0. The van der Waals surface area contributed by atoms with Gasteiger partial charge >= 0.3 is 0 Å². The first-order chi connectivity index (χ1) is 12.7. The van der Waals surface area contributed by atoms with E-state index in [0.717, 1.165) is 11.8 Å². The van der Waals surface area contributed by atoms with Gasteiger partial charge in [0, 0.05) is 0 Å². The molecule has 0 heteroatoms. The van der Waals surface area contributed by atoms with Gasteiger partial charge in [-0.25, -0.2) is 0 Å². The van der Waals surface area contributed by atoms with E-state index < -0.39 is 0 Å². The molecule has 0 radical (unpaired) electrons. The summed E-state index contributed by atoms with van der Waals surface area (Å²) < 4.78 is 0. The van der Waals surface area contributed by atoms with E-state index in [1.54, 1.807) is 6.42 Å². The molecule has 3 unspecified atom stereocenters. The average Bonchev–Trinajstić information content (AvgIpc) is 3.11. The zero-order valence-electron chi connectivity index (χ0n) is 18.8. The molecule has 26 heavy (non-hydrogen) atoms. The molecule has 154 valence electrons. The Kier molecular flexibility index (Phi) is 13.5. The molecule has 0 aliphatic heterocycles. The van der Waals surface area contributed by atoms with Gasteiger partial charge in [0.25, 0.3) is 0 Å². The molecule has 1 fully saturated rings. The van der Waals surface area contributed by atoms with Crippen molar-refractivity contribution in [2.24, 2.45) is 17.3 Å². The van der Waals surface area contributed by atoms with Gasteiger partial charge in [0.2, 0.25) is 0 Å². The molecular weight excluding hydrogens is 312 g/mol. The van der Waals surface area contributed by atoms with Crippen molar-refractivity contribution in [2.45, 2.75) is 137 Å². The van der Waals surface area contributed by atoms with Crippen LogP contribution < -0.4 is 0 Å². The van der Waals surface area contributed by atoms with Crippen molar-refractivity contribution in [2.75, 3.05) is 0 Å². The first-order valence-corrected chi connectivity index (χ1v) is 12.3. The number of hydrogen-bond donors (Lipinski definition) is 0. The Bertz CT molecular complexity index is 342. The smallest absolute Gasteiger partial charge is 0.0265 e. The molecule has 0 amide bonds. The molecular formula is C26H50. The minimum atomic E-state index is 0.597. The Balaban J connectivity index is 2.42. The van der Waals surface area contributed by atoms with Crippen LogP contribution in [0.15, 0.2) is 12.2 Å². The van der Waals surface area contributed by atoms with Crippen LogP contribution in [0.5, 0.6) is 0 Å². The van der Waals surface area contributed by atoms with Crippen LogP contribution in [0.1, 0.15) is 137 Å². The lowest BCUT2D eigenvalue weighted by atomic mass is 9.72. The molecule has 0 spiro atoms. The van der Waals surface area contributed by atoms with E-state index in [2.05, 4.69) is 39.8 Å². The Morgan fingerprint density at radius 2 is 1.42 bits per heavy atom. The summed E-state index contributed by atoms with van der Waals surface area (Å²) in [5.74, 6) is 2.10. The van der Waals surface area contributed by atoms with Crippen molar-refractivity contribution >= 4 is 0 Å². The largest absolute Gasteiger partial charge is 0.0888 e. The molecule has 0 bridgehead atoms. The zero-order valence-corrected chi connectivity index (χ0v) is 18.8. The second-order valence-corrected chi connectivity index (χ2v) is 9.33. The van der Waals surface area contributed by atoms with Crippen LogP contribution in [-0.4, -0.2) is 0 Å². The molecule has 1 saturated carbocycles. The summed E-state index contributed by atoms with van der Waals surface area (Å²) in [6.45, 7) is 9.38. The monoisotopic (exact) mass is 362 g/mol. The van der Waals surface area contributed by atoms with Gasteiger partial charge < -0.3 is 0 Å².